The second-order valence-electron chi connectivity index (χ2n) is 28.0. The quantitative estimate of drug-likeness (QED) is 0.0317. The summed E-state index contributed by atoms with van der Waals surface area (Å²) in [6, 6.07) is 11.4. The van der Waals surface area contributed by atoms with Crippen LogP contribution in [0.4, 0.5) is 11.4 Å². The van der Waals surface area contributed by atoms with Gasteiger partial charge in [-0.1, -0.05) is 312 Å². The predicted molar refractivity (Wildman–Crippen MR) is 424 cm³/mol. The Kier molecular flexibility index (Phi) is 56.0. The maximum absolute atomic E-state index is 14.9. The molecular weight excluding hydrogens is 1240 g/mol. The zero-order valence-corrected chi connectivity index (χ0v) is 65.5. The van der Waals surface area contributed by atoms with Gasteiger partial charge < -0.3 is 48.5 Å². The van der Waals surface area contributed by atoms with E-state index in [1.807, 2.05) is 36.4 Å². The molecule has 3 rings (SSSR count). The molecule has 0 atom stereocenters. The fourth-order valence-electron chi connectivity index (χ4n) is 12.3. The van der Waals surface area contributed by atoms with Crippen LogP contribution < -0.4 is 48.5 Å². The van der Waals surface area contributed by atoms with Crippen molar-refractivity contribution in [1.82, 2.24) is 0 Å². The number of unbranched alkanes of at least 4 members (excludes halogenated alkanes) is 40. The van der Waals surface area contributed by atoms with Gasteiger partial charge in [-0.15, -0.1) is 0 Å². The SMILES string of the molecule is CCCCCCCCOc1cc(N/C=C\C(=O)c2cc(OCCCCCCCC)c(OCCCCCCCC)cc2OCCCCCCCC)c(N/C=C\C(=O)c2cc(OCCCCCCCC)c(OCCCCCCCC)cc2OCCCCCCCC)cc1OCCCCCCCC. The van der Waals surface area contributed by atoms with Crippen molar-refractivity contribution in [2.45, 2.75) is 364 Å². The number of nitrogens with one attached hydrogen (secondary N) is 2. The van der Waals surface area contributed by atoms with Crippen LogP contribution in [0.2, 0.25) is 0 Å². The van der Waals surface area contributed by atoms with E-state index in [0.29, 0.717) is 121 Å². The van der Waals surface area contributed by atoms with Gasteiger partial charge in [-0.2, -0.15) is 0 Å². The third-order valence-electron chi connectivity index (χ3n) is 18.7. The molecule has 100 heavy (non-hydrogen) atoms. The van der Waals surface area contributed by atoms with E-state index in [1.54, 1.807) is 24.6 Å². The molecule has 0 aliphatic rings. The van der Waals surface area contributed by atoms with Gasteiger partial charge in [0.15, 0.2) is 46.1 Å². The zero-order chi connectivity index (χ0) is 71.8. The van der Waals surface area contributed by atoms with Crippen LogP contribution in [0.15, 0.2) is 61.0 Å². The Balaban J connectivity index is 2.18. The number of ether oxygens (including phenoxy) is 8. The summed E-state index contributed by atoms with van der Waals surface area (Å²) in [5.74, 6) is 4.09. The van der Waals surface area contributed by atoms with Gasteiger partial charge in [-0.05, 0) is 63.5 Å². The van der Waals surface area contributed by atoms with Crippen molar-refractivity contribution in [2.75, 3.05) is 63.5 Å². The number of carbonyl (C=O) groups excluding carboxylic acids is 2. The smallest absolute Gasteiger partial charge is 0.191 e. The van der Waals surface area contributed by atoms with Crippen LogP contribution in [-0.2, 0) is 0 Å². The monoisotopic (exact) mass is 1390 g/mol. The summed E-state index contributed by atoms with van der Waals surface area (Å²) in [7, 11) is 0. The second-order valence-corrected chi connectivity index (χ2v) is 28.0. The van der Waals surface area contributed by atoms with Gasteiger partial charge in [0.05, 0.1) is 75.4 Å². The standard InChI is InChI=1S/C88H148N2O10/c1-9-17-25-33-41-49-61-93-81-73-87(99-67-55-47-39-31-23-15-7)83(95-63-51-43-35-27-19-11-3)69-75(81)79(91)57-59-89-77-71-85(97-65-53-45-37-29-21-13-5)86(98-66-54-46-38-30-22-14-6)72-78(77)90-60-58-80(92)76-70-84(96-64-52-44-36-28-20-12-4)88(100-68-56-48-40-32-24-16-8)74-82(76)94-62-50-42-34-26-18-10-2/h57-60,69-74,89-90H,9-56,61-68H2,1-8H3/b59-57-,60-58-. The molecule has 3 aromatic carbocycles. The van der Waals surface area contributed by atoms with E-state index in [2.05, 4.69) is 66.0 Å². The maximum atomic E-state index is 14.9. The Hall–Kier alpha value is -5.52. The first-order chi connectivity index (χ1) is 49.3. The van der Waals surface area contributed by atoms with Crippen molar-refractivity contribution >= 4 is 22.9 Å². The largest absolute Gasteiger partial charge is 0.493 e. The molecule has 0 amide bonds. The van der Waals surface area contributed by atoms with Crippen LogP contribution in [0.3, 0.4) is 0 Å². The molecule has 12 nitrogen and oxygen atoms in total. The number of benzene rings is 3. The van der Waals surface area contributed by atoms with E-state index < -0.39 is 0 Å². The van der Waals surface area contributed by atoms with Crippen LogP contribution in [0.1, 0.15) is 384 Å². The first-order valence-electron chi connectivity index (χ1n) is 41.8. The van der Waals surface area contributed by atoms with Gasteiger partial charge in [0.2, 0.25) is 0 Å². The molecule has 0 bridgehead atoms. The van der Waals surface area contributed by atoms with Crippen LogP contribution >= 0.6 is 0 Å². The first kappa shape index (κ1) is 88.7. The lowest BCUT2D eigenvalue weighted by molar-refractivity contribution is 0.103. The summed E-state index contributed by atoms with van der Waals surface area (Å²) in [5.41, 5.74) is 2.09. The van der Waals surface area contributed by atoms with Crippen molar-refractivity contribution in [3.05, 3.63) is 72.1 Å². The predicted octanol–water partition coefficient (Wildman–Crippen LogP) is 27.2. The minimum absolute atomic E-state index is 0.237. The summed E-state index contributed by atoms with van der Waals surface area (Å²) in [5, 5.41) is 6.97. The fourth-order valence-corrected chi connectivity index (χ4v) is 12.3. The Morgan fingerprint density at radius 3 is 0.610 bits per heavy atom. The third kappa shape index (κ3) is 42.8. The molecule has 0 radical (unpaired) electrons. The summed E-state index contributed by atoms with van der Waals surface area (Å²) in [6.07, 6.45) is 61.2. The Labute approximate surface area is 612 Å². The normalized spacial score (nSPS) is 11.4. The van der Waals surface area contributed by atoms with Crippen LogP contribution in [0, 0.1) is 0 Å². The maximum Gasteiger partial charge on any atom is 0.191 e. The zero-order valence-electron chi connectivity index (χ0n) is 65.5. The number of ketones is 2. The van der Waals surface area contributed by atoms with E-state index >= 15 is 0 Å². The number of allylic oxidation sites excluding steroid dienone is 2. The molecule has 0 aliphatic heterocycles. The lowest BCUT2D eigenvalue weighted by atomic mass is 10.1. The van der Waals surface area contributed by atoms with Crippen molar-refractivity contribution < 1.29 is 47.5 Å². The number of anilines is 2. The van der Waals surface area contributed by atoms with E-state index in [1.165, 1.54) is 193 Å². The molecular formula is C88H148N2O10. The van der Waals surface area contributed by atoms with Crippen molar-refractivity contribution in [3.8, 4) is 46.0 Å². The summed E-state index contributed by atoms with van der Waals surface area (Å²) >= 11 is 0. The molecule has 570 valence electrons. The highest BCUT2D eigenvalue weighted by Crippen LogP contribution is 2.41. The molecule has 2 N–H and O–H groups in total. The Morgan fingerprint density at radius 1 is 0.230 bits per heavy atom. The topological polar surface area (TPSA) is 132 Å². The molecule has 0 aliphatic carbocycles. The molecule has 12 heteroatoms. The highest BCUT2D eigenvalue weighted by atomic mass is 16.5. The molecule has 0 saturated heterocycles. The van der Waals surface area contributed by atoms with Crippen LogP contribution in [0.5, 0.6) is 46.0 Å². The number of hydrogen-bond donors (Lipinski definition) is 2. The van der Waals surface area contributed by atoms with Crippen LogP contribution in [-0.4, -0.2) is 64.4 Å². The second kappa shape index (κ2) is 63.2. The average molecular weight is 1390 g/mol. The van der Waals surface area contributed by atoms with Gasteiger partial charge in [0.25, 0.3) is 0 Å². The van der Waals surface area contributed by atoms with Crippen molar-refractivity contribution in [2.24, 2.45) is 0 Å². The molecule has 0 aromatic heterocycles. The van der Waals surface area contributed by atoms with E-state index in [4.69, 9.17) is 37.9 Å². The highest BCUT2D eigenvalue weighted by molar-refractivity contribution is 6.08. The Bertz CT molecular complexity index is 2360. The molecule has 0 fully saturated rings. The Morgan fingerprint density at radius 2 is 0.400 bits per heavy atom. The minimum Gasteiger partial charge on any atom is -0.493 e. The van der Waals surface area contributed by atoms with E-state index in [-0.39, 0.29) is 11.6 Å². The fraction of sp³-hybridized carbons (Fsp3) is 0.727. The summed E-state index contributed by atoms with van der Waals surface area (Å²) in [4.78, 5) is 29.8. The van der Waals surface area contributed by atoms with Crippen LogP contribution in [0.25, 0.3) is 0 Å². The van der Waals surface area contributed by atoms with Gasteiger partial charge >= 0.3 is 0 Å². The summed E-state index contributed by atoms with van der Waals surface area (Å²) in [6.45, 7) is 22.2. The van der Waals surface area contributed by atoms with E-state index in [9.17, 15) is 9.59 Å². The number of hydrogen-bond acceptors (Lipinski definition) is 12. The number of carbonyl (C=O) groups is 2. The average Bonchev–Trinajstić information content (AvgIpc) is 0.835. The van der Waals surface area contributed by atoms with Crippen molar-refractivity contribution in [3.63, 3.8) is 0 Å². The first-order valence-corrected chi connectivity index (χ1v) is 41.8. The highest BCUT2D eigenvalue weighted by Gasteiger charge is 2.21. The molecule has 0 saturated carbocycles. The van der Waals surface area contributed by atoms with Gasteiger partial charge in [-0.25, -0.2) is 0 Å². The molecule has 0 heterocycles. The lowest BCUT2D eigenvalue weighted by Crippen LogP contribution is -2.09. The van der Waals surface area contributed by atoms with Gasteiger partial charge in [0.1, 0.15) is 11.5 Å². The van der Waals surface area contributed by atoms with Crippen molar-refractivity contribution in [1.29, 1.82) is 0 Å². The van der Waals surface area contributed by atoms with Gasteiger partial charge in [0, 0.05) is 48.8 Å². The minimum atomic E-state index is -0.237. The third-order valence-corrected chi connectivity index (χ3v) is 18.7. The molecule has 3 aromatic rings. The molecule has 0 spiro atoms. The lowest BCUT2D eigenvalue weighted by Gasteiger charge is -2.18. The summed E-state index contributed by atoms with van der Waals surface area (Å²) < 4.78 is 52.7. The number of rotatable bonds is 72. The van der Waals surface area contributed by atoms with Gasteiger partial charge in [-0.3, -0.25) is 9.59 Å². The molecule has 0 unspecified atom stereocenters. The van der Waals surface area contributed by atoms with E-state index in [0.717, 1.165) is 116 Å².